The van der Waals surface area contributed by atoms with E-state index < -0.39 is 5.97 Å². The van der Waals surface area contributed by atoms with Crippen LogP contribution >= 0.6 is 11.3 Å². The molecule has 0 atom stereocenters. The second-order valence-corrected chi connectivity index (χ2v) is 4.26. The summed E-state index contributed by atoms with van der Waals surface area (Å²) < 4.78 is 0. The van der Waals surface area contributed by atoms with Gasteiger partial charge < -0.3 is 10.4 Å². The van der Waals surface area contributed by atoms with E-state index in [9.17, 15) is 9.59 Å². The van der Waals surface area contributed by atoms with Gasteiger partial charge in [-0.15, -0.1) is 11.3 Å². The third-order valence-electron chi connectivity index (χ3n) is 2.37. The Balaban J connectivity index is 2.45. The predicted molar refractivity (Wildman–Crippen MR) is 64.8 cm³/mol. The number of rotatable bonds is 5. The first kappa shape index (κ1) is 13.4. The summed E-state index contributed by atoms with van der Waals surface area (Å²) in [5, 5.41) is 13.3. The van der Waals surface area contributed by atoms with Crippen LogP contribution in [-0.2, 0) is 16.0 Å². The number of carbonyl (C=O) groups excluding carboxylic acids is 1. The zero-order valence-electron chi connectivity index (χ0n) is 9.69. The molecule has 2 N–H and O–H groups in total. The molecule has 17 heavy (non-hydrogen) atoms. The van der Waals surface area contributed by atoms with E-state index in [2.05, 4.69) is 10.3 Å². The molecule has 1 rings (SSSR count). The summed E-state index contributed by atoms with van der Waals surface area (Å²) in [5.74, 6) is -1.42. The van der Waals surface area contributed by atoms with Crippen LogP contribution in [0, 0.1) is 0 Å². The maximum Gasteiger partial charge on any atom is 0.331 e. The molecule has 92 valence electrons. The van der Waals surface area contributed by atoms with Gasteiger partial charge in [0.2, 0.25) is 5.91 Å². The standard InChI is InChI=1S/C11H14N2O3S/c1-7(8(2)11(15)16)10(14)12-4-3-9-5-17-6-13-9/h5-6H,3-4H2,1-2H3,(H,12,14)(H,15,16). The summed E-state index contributed by atoms with van der Waals surface area (Å²) in [4.78, 5) is 26.3. The van der Waals surface area contributed by atoms with Crippen molar-refractivity contribution in [3.05, 3.63) is 27.7 Å². The van der Waals surface area contributed by atoms with Crippen molar-refractivity contribution in [3.63, 3.8) is 0 Å². The number of hydrogen-bond acceptors (Lipinski definition) is 4. The number of aliphatic carboxylic acids is 1. The summed E-state index contributed by atoms with van der Waals surface area (Å²) in [5.41, 5.74) is 2.95. The molecule has 5 nitrogen and oxygen atoms in total. The zero-order chi connectivity index (χ0) is 12.8. The highest BCUT2D eigenvalue weighted by atomic mass is 32.1. The van der Waals surface area contributed by atoms with E-state index in [0.29, 0.717) is 13.0 Å². The summed E-state index contributed by atoms with van der Waals surface area (Å²) >= 11 is 1.50. The van der Waals surface area contributed by atoms with Gasteiger partial charge in [-0.25, -0.2) is 9.78 Å². The van der Waals surface area contributed by atoms with Crippen molar-refractivity contribution in [2.45, 2.75) is 20.3 Å². The minimum absolute atomic E-state index is 0.0659. The van der Waals surface area contributed by atoms with Crippen molar-refractivity contribution in [3.8, 4) is 0 Å². The molecule has 6 heteroatoms. The van der Waals surface area contributed by atoms with Gasteiger partial charge in [-0.05, 0) is 13.8 Å². The molecule has 0 aromatic carbocycles. The molecule has 0 radical (unpaired) electrons. The summed E-state index contributed by atoms with van der Waals surface area (Å²) in [7, 11) is 0. The largest absolute Gasteiger partial charge is 0.478 e. The van der Waals surface area contributed by atoms with Gasteiger partial charge in [0.1, 0.15) is 0 Å². The van der Waals surface area contributed by atoms with E-state index in [-0.39, 0.29) is 17.1 Å². The monoisotopic (exact) mass is 254 g/mol. The van der Waals surface area contributed by atoms with Crippen LogP contribution in [0.15, 0.2) is 22.0 Å². The maximum absolute atomic E-state index is 11.6. The number of carbonyl (C=O) groups is 2. The first-order chi connectivity index (χ1) is 8.02. The lowest BCUT2D eigenvalue weighted by Crippen LogP contribution is -2.27. The molecular formula is C11H14N2O3S. The van der Waals surface area contributed by atoms with Crippen molar-refractivity contribution in [1.29, 1.82) is 0 Å². The number of nitrogens with one attached hydrogen (secondary N) is 1. The maximum atomic E-state index is 11.6. The Kier molecular flexibility index (Phi) is 4.84. The lowest BCUT2D eigenvalue weighted by molar-refractivity contribution is -0.133. The predicted octanol–water partition coefficient (Wildman–Crippen LogP) is 1.22. The van der Waals surface area contributed by atoms with Crippen LogP contribution in [0.25, 0.3) is 0 Å². The van der Waals surface area contributed by atoms with Crippen molar-refractivity contribution < 1.29 is 14.7 Å². The van der Waals surface area contributed by atoms with Crippen LogP contribution in [-0.4, -0.2) is 28.5 Å². The molecular weight excluding hydrogens is 240 g/mol. The molecule has 1 aromatic heterocycles. The quantitative estimate of drug-likeness (QED) is 0.774. The van der Waals surface area contributed by atoms with Gasteiger partial charge in [0.15, 0.2) is 0 Å². The van der Waals surface area contributed by atoms with Crippen LogP contribution in [0.2, 0.25) is 0 Å². The van der Waals surface area contributed by atoms with Crippen LogP contribution in [0.4, 0.5) is 0 Å². The Hall–Kier alpha value is -1.69. The lowest BCUT2D eigenvalue weighted by Gasteiger charge is -2.05. The average Bonchev–Trinajstić information content (AvgIpc) is 2.79. The third-order valence-corrected chi connectivity index (χ3v) is 3.01. The SMILES string of the molecule is CC(C(=O)O)=C(C)C(=O)NCCc1cscn1. The Morgan fingerprint density at radius 1 is 1.41 bits per heavy atom. The molecule has 0 unspecified atom stereocenters. The molecule has 1 amide bonds. The molecule has 1 heterocycles. The van der Waals surface area contributed by atoms with E-state index in [1.165, 1.54) is 25.2 Å². The Morgan fingerprint density at radius 2 is 2.12 bits per heavy atom. The molecule has 0 aliphatic heterocycles. The smallest absolute Gasteiger partial charge is 0.331 e. The van der Waals surface area contributed by atoms with Crippen molar-refractivity contribution in [2.75, 3.05) is 6.54 Å². The van der Waals surface area contributed by atoms with Gasteiger partial charge >= 0.3 is 5.97 Å². The normalized spacial score (nSPS) is 11.9. The minimum atomic E-state index is -1.07. The molecule has 0 saturated heterocycles. The number of carboxylic acid groups (broad SMARTS) is 1. The van der Waals surface area contributed by atoms with E-state index in [1.54, 1.807) is 5.51 Å². The van der Waals surface area contributed by atoms with Crippen LogP contribution < -0.4 is 5.32 Å². The molecule has 0 fully saturated rings. The second-order valence-electron chi connectivity index (χ2n) is 3.54. The van der Waals surface area contributed by atoms with Gasteiger partial charge in [-0.1, -0.05) is 0 Å². The number of hydrogen-bond donors (Lipinski definition) is 2. The highest BCUT2D eigenvalue weighted by molar-refractivity contribution is 7.07. The molecule has 1 aromatic rings. The second kappa shape index (κ2) is 6.15. The fraction of sp³-hybridized carbons (Fsp3) is 0.364. The summed E-state index contributed by atoms with van der Waals surface area (Å²) in [6, 6.07) is 0. The van der Waals surface area contributed by atoms with Crippen molar-refractivity contribution in [2.24, 2.45) is 0 Å². The Morgan fingerprint density at radius 3 is 2.65 bits per heavy atom. The first-order valence-corrected chi connectivity index (χ1v) is 6.02. The van der Waals surface area contributed by atoms with E-state index >= 15 is 0 Å². The van der Waals surface area contributed by atoms with E-state index in [1.807, 2.05) is 5.38 Å². The average molecular weight is 254 g/mol. The minimum Gasteiger partial charge on any atom is -0.478 e. The highest BCUT2D eigenvalue weighted by Crippen LogP contribution is 2.04. The van der Waals surface area contributed by atoms with Crippen LogP contribution in [0.3, 0.4) is 0 Å². The zero-order valence-corrected chi connectivity index (χ0v) is 10.5. The highest BCUT2D eigenvalue weighted by Gasteiger charge is 2.11. The van der Waals surface area contributed by atoms with Crippen LogP contribution in [0.1, 0.15) is 19.5 Å². The number of nitrogens with zero attached hydrogens (tertiary/aromatic N) is 1. The topological polar surface area (TPSA) is 79.3 Å². The van der Waals surface area contributed by atoms with Gasteiger partial charge in [0.25, 0.3) is 0 Å². The van der Waals surface area contributed by atoms with E-state index in [4.69, 9.17) is 5.11 Å². The fourth-order valence-electron chi connectivity index (χ4n) is 1.13. The summed E-state index contributed by atoms with van der Waals surface area (Å²) in [6.07, 6.45) is 0.647. The first-order valence-electron chi connectivity index (χ1n) is 5.08. The molecule has 0 spiro atoms. The number of thiazole rings is 1. The van der Waals surface area contributed by atoms with Gasteiger partial charge in [-0.3, -0.25) is 4.79 Å². The Labute approximate surface area is 103 Å². The molecule has 0 saturated carbocycles. The number of carboxylic acids is 1. The summed E-state index contributed by atoms with van der Waals surface area (Å²) in [6.45, 7) is 3.37. The van der Waals surface area contributed by atoms with Gasteiger partial charge in [-0.2, -0.15) is 0 Å². The number of amides is 1. The molecule has 0 aliphatic carbocycles. The number of aromatic nitrogens is 1. The molecule has 0 bridgehead atoms. The third kappa shape index (κ3) is 3.99. The molecule has 0 aliphatic rings. The van der Waals surface area contributed by atoms with E-state index in [0.717, 1.165) is 5.69 Å². The van der Waals surface area contributed by atoms with Crippen LogP contribution in [0.5, 0.6) is 0 Å². The van der Waals surface area contributed by atoms with Crippen molar-refractivity contribution >= 4 is 23.2 Å². The van der Waals surface area contributed by atoms with Crippen molar-refractivity contribution in [1.82, 2.24) is 10.3 Å². The fourth-order valence-corrected chi connectivity index (χ4v) is 1.72. The lowest BCUT2D eigenvalue weighted by atomic mass is 10.1. The van der Waals surface area contributed by atoms with Gasteiger partial charge in [0.05, 0.1) is 11.2 Å². The van der Waals surface area contributed by atoms with Gasteiger partial charge in [0, 0.05) is 29.5 Å². The Bertz CT molecular complexity index is 438.